The Hall–Kier alpha value is -4.08. The predicted octanol–water partition coefficient (Wildman–Crippen LogP) is 3.37. The van der Waals surface area contributed by atoms with Crippen LogP contribution in [0, 0.1) is 13.8 Å². The second kappa shape index (κ2) is 10.0. The lowest BCUT2D eigenvalue weighted by molar-refractivity contribution is -0.118. The van der Waals surface area contributed by atoms with Crippen LogP contribution in [0.25, 0.3) is 11.0 Å². The van der Waals surface area contributed by atoms with E-state index in [1.807, 2.05) is 0 Å². The molecule has 10 heteroatoms. The van der Waals surface area contributed by atoms with E-state index in [9.17, 15) is 19.2 Å². The Labute approximate surface area is 188 Å². The van der Waals surface area contributed by atoms with E-state index in [1.165, 1.54) is 19.1 Å². The summed E-state index contributed by atoms with van der Waals surface area (Å²) < 4.78 is 26.1. The number of nitrogens with one attached hydrogen (secondary N) is 1. The molecule has 0 saturated heterocycles. The van der Waals surface area contributed by atoms with E-state index in [2.05, 4.69) is 5.32 Å². The third-order valence-electron chi connectivity index (χ3n) is 4.59. The summed E-state index contributed by atoms with van der Waals surface area (Å²) in [5, 5.41) is 3.16. The highest BCUT2D eigenvalue weighted by Gasteiger charge is 2.31. The van der Waals surface area contributed by atoms with E-state index in [-0.39, 0.29) is 36.0 Å². The first-order valence-corrected chi connectivity index (χ1v) is 10.2. The molecule has 2 heterocycles. The number of benzene rings is 1. The second-order valence-corrected chi connectivity index (χ2v) is 6.92. The second-order valence-electron chi connectivity index (χ2n) is 6.92. The number of furan rings is 1. The van der Waals surface area contributed by atoms with Crippen molar-refractivity contribution in [3.8, 4) is 5.75 Å². The smallest absolute Gasteiger partial charge is 0.344 e. The van der Waals surface area contributed by atoms with Crippen molar-refractivity contribution in [2.45, 2.75) is 27.7 Å². The zero-order valence-electron chi connectivity index (χ0n) is 18.6. The van der Waals surface area contributed by atoms with Crippen LogP contribution in [0.3, 0.4) is 0 Å². The minimum Gasteiger partial charge on any atom is -0.484 e. The minimum absolute atomic E-state index is 0.0549. The van der Waals surface area contributed by atoms with Gasteiger partial charge in [0.2, 0.25) is 5.88 Å². The lowest BCUT2D eigenvalue weighted by Crippen LogP contribution is -2.22. The molecular weight excluding hydrogens is 434 g/mol. The first-order chi connectivity index (χ1) is 15.7. The fourth-order valence-corrected chi connectivity index (χ4v) is 3.19. The number of hydrogen-bond donors (Lipinski definition) is 1. The van der Waals surface area contributed by atoms with Crippen molar-refractivity contribution in [1.29, 1.82) is 0 Å². The SMILES string of the molecule is CCOC(=O)c1c(C)oc(NC(=O)COc2ccc3c(C)cc(=O)oc3c2)c1C(=O)OCC. The molecule has 0 spiro atoms. The van der Waals surface area contributed by atoms with Crippen molar-refractivity contribution in [3.05, 3.63) is 57.1 Å². The Morgan fingerprint density at radius 2 is 1.61 bits per heavy atom. The Morgan fingerprint density at radius 3 is 2.27 bits per heavy atom. The van der Waals surface area contributed by atoms with E-state index < -0.39 is 30.1 Å². The van der Waals surface area contributed by atoms with Crippen molar-refractivity contribution < 1.29 is 37.4 Å². The van der Waals surface area contributed by atoms with Gasteiger partial charge in [0.05, 0.1) is 13.2 Å². The molecule has 0 fully saturated rings. The van der Waals surface area contributed by atoms with Crippen LogP contribution in [0.15, 0.2) is 37.9 Å². The number of rotatable bonds is 8. The van der Waals surface area contributed by atoms with Crippen LogP contribution in [-0.2, 0) is 14.3 Å². The Bertz CT molecular complexity index is 1270. The molecule has 1 N–H and O–H groups in total. The molecule has 1 aromatic carbocycles. The normalized spacial score (nSPS) is 10.7. The summed E-state index contributed by atoms with van der Waals surface area (Å²) in [6.45, 7) is 6.17. The molecule has 0 radical (unpaired) electrons. The first kappa shape index (κ1) is 23.6. The van der Waals surface area contributed by atoms with Gasteiger partial charge in [-0.25, -0.2) is 14.4 Å². The highest BCUT2D eigenvalue weighted by molar-refractivity contribution is 6.09. The highest BCUT2D eigenvalue weighted by Crippen LogP contribution is 2.29. The molecule has 2 aromatic heterocycles. The van der Waals surface area contributed by atoms with Crippen molar-refractivity contribution in [1.82, 2.24) is 0 Å². The van der Waals surface area contributed by atoms with Gasteiger partial charge in [0, 0.05) is 17.5 Å². The lowest BCUT2D eigenvalue weighted by atomic mass is 10.1. The van der Waals surface area contributed by atoms with E-state index in [1.54, 1.807) is 32.9 Å². The molecule has 0 aliphatic rings. The molecule has 1 amide bonds. The zero-order valence-corrected chi connectivity index (χ0v) is 18.6. The molecule has 0 atom stereocenters. The van der Waals surface area contributed by atoms with Gasteiger partial charge >= 0.3 is 17.6 Å². The zero-order chi connectivity index (χ0) is 24.1. The predicted molar refractivity (Wildman–Crippen MR) is 117 cm³/mol. The number of ether oxygens (including phenoxy) is 3. The fraction of sp³-hybridized carbons (Fsp3) is 0.304. The van der Waals surface area contributed by atoms with E-state index in [0.717, 1.165) is 10.9 Å². The van der Waals surface area contributed by atoms with Gasteiger partial charge in [0.1, 0.15) is 28.2 Å². The van der Waals surface area contributed by atoms with Crippen LogP contribution in [0.2, 0.25) is 0 Å². The maximum Gasteiger partial charge on any atom is 0.344 e. The molecule has 0 unspecified atom stereocenters. The monoisotopic (exact) mass is 457 g/mol. The quantitative estimate of drug-likeness (QED) is 0.399. The summed E-state index contributed by atoms with van der Waals surface area (Å²) in [5.74, 6) is -2.13. The van der Waals surface area contributed by atoms with Crippen LogP contribution < -0.4 is 15.7 Å². The largest absolute Gasteiger partial charge is 0.484 e. The Morgan fingerprint density at radius 1 is 0.939 bits per heavy atom. The molecule has 0 aliphatic carbocycles. The molecule has 3 aromatic rings. The topological polar surface area (TPSA) is 134 Å². The van der Waals surface area contributed by atoms with Crippen LogP contribution >= 0.6 is 0 Å². The number of amides is 1. The molecule has 0 aliphatic heterocycles. The minimum atomic E-state index is -0.839. The maximum atomic E-state index is 12.5. The van der Waals surface area contributed by atoms with Gasteiger partial charge in [0.15, 0.2) is 6.61 Å². The number of fused-ring (bicyclic) bond motifs is 1. The fourth-order valence-electron chi connectivity index (χ4n) is 3.19. The summed E-state index contributed by atoms with van der Waals surface area (Å²) in [6, 6.07) is 6.22. The summed E-state index contributed by atoms with van der Waals surface area (Å²) in [5.41, 5.74) is 0.230. The van der Waals surface area contributed by atoms with Gasteiger partial charge in [-0.05, 0) is 45.4 Å². The van der Waals surface area contributed by atoms with Crippen LogP contribution in [0.4, 0.5) is 5.88 Å². The van der Waals surface area contributed by atoms with Crippen LogP contribution in [0.1, 0.15) is 45.9 Å². The van der Waals surface area contributed by atoms with E-state index in [4.69, 9.17) is 23.0 Å². The number of aryl methyl sites for hydroxylation is 2. The Balaban J connectivity index is 1.79. The first-order valence-electron chi connectivity index (χ1n) is 10.2. The third kappa shape index (κ3) is 5.22. The molecule has 0 bridgehead atoms. The van der Waals surface area contributed by atoms with E-state index in [0.29, 0.717) is 11.3 Å². The Kier molecular flexibility index (Phi) is 7.17. The maximum absolute atomic E-state index is 12.5. The van der Waals surface area contributed by atoms with Crippen molar-refractivity contribution >= 4 is 34.7 Å². The lowest BCUT2D eigenvalue weighted by Gasteiger charge is -2.09. The summed E-state index contributed by atoms with van der Waals surface area (Å²) >= 11 is 0. The van der Waals surface area contributed by atoms with Gasteiger partial charge in [0.25, 0.3) is 5.91 Å². The van der Waals surface area contributed by atoms with Gasteiger partial charge in [-0.15, -0.1) is 0 Å². The average Bonchev–Trinajstić information content (AvgIpc) is 3.07. The molecule has 3 rings (SSSR count). The van der Waals surface area contributed by atoms with E-state index >= 15 is 0 Å². The molecule has 0 saturated carbocycles. The average molecular weight is 457 g/mol. The molecular formula is C23H23NO9. The van der Waals surface area contributed by atoms with Gasteiger partial charge in [-0.2, -0.15) is 0 Å². The number of hydrogen-bond acceptors (Lipinski definition) is 9. The number of carbonyl (C=O) groups is 3. The highest BCUT2D eigenvalue weighted by atomic mass is 16.5. The molecule has 33 heavy (non-hydrogen) atoms. The molecule has 174 valence electrons. The standard InChI is InChI=1S/C23H23NO9/c1-5-29-22(27)19-13(4)32-21(20(19)23(28)30-6-2)24-17(25)11-31-14-7-8-15-12(3)9-18(26)33-16(15)10-14/h7-10H,5-6,11H2,1-4H3,(H,24,25). The van der Waals surface area contributed by atoms with Crippen molar-refractivity contribution in [2.75, 3.05) is 25.1 Å². The van der Waals surface area contributed by atoms with Crippen LogP contribution in [0.5, 0.6) is 5.75 Å². The van der Waals surface area contributed by atoms with Crippen LogP contribution in [-0.4, -0.2) is 37.7 Å². The summed E-state index contributed by atoms with van der Waals surface area (Å²) in [7, 11) is 0. The van der Waals surface area contributed by atoms with Gasteiger partial charge < -0.3 is 23.0 Å². The van der Waals surface area contributed by atoms with Gasteiger partial charge in [-0.3, -0.25) is 10.1 Å². The number of anilines is 1. The summed E-state index contributed by atoms with van der Waals surface area (Å²) in [6.07, 6.45) is 0. The number of carbonyl (C=O) groups excluding carboxylic acids is 3. The van der Waals surface area contributed by atoms with Crippen molar-refractivity contribution in [2.24, 2.45) is 0 Å². The molecule has 10 nitrogen and oxygen atoms in total. The van der Waals surface area contributed by atoms with Crippen molar-refractivity contribution in [3.63, 3.8) is 0 Å². The number of esters is 2. The third-order valence-corrected chi connectivity index (χ3v) is 4.59. The summed E-state index contributed by atoms with van der Waals surface area (Å²) in [4.78, 5) is 48.8. The van der Waals surface area contributed by atoms with Gasteiger partial charge in [-0.1, -0.05) is 0 Å².